The molecule has 0 aromatic heterocycles. The zero-order valence-corrected chi connectivity index (χ0v) is 10.0. The van der Waals surface area contributed by atoms with Crippen LogP contribution in [0.5, 0.6) is 0 Å². The SMILES string of the molecule is C[C@H]1COCC[C@@H]1S(=O)(=O)N1CCCC1. The molecule has 0 spiro atoms. The molecule has 0 amide bonds. The second-order valence-electron chi connectivity index (χ2n) is 4.53. The van der Waals surface area contributed by atoms with Gasteiger partial charge in [0, 0.05) is 19.7 Å². The van der Waals surface area contributed by atoms with Crippen LogP contribution in [0.4, 0.5) is 0 Å². The van der Waals surface area contributed by atoms with Gasteiger partial charge in [-0.05, 0) is 25.2 Å². The Hall–Kier alpha value is -0.130. The molecule has 4 nitrogen and oxygen atoms in total. The van der Waals surface area contributed by atoms with Crippen LogP contribution < -0.4 is 0 Å². The summed E-state index contributed by atoms with van der Waals surface area (Å²) in [6.45, 7) is 4.57. The Balaban J connectivity index is 2.12. The van der Waals surface area contributed by atoms with Gasteiger partial charge < -0.3 is 4.74 Å². The molecule has 2 heterocycles. The summed E-state index contributed by atoms with van der Waals surface area (Å²) in [5.74, 6) is 0.129. The normalized spacial score (nSPS) is 34.5. The first-order valence-electron chi connectivity index (χ1n) is 5.69. The number of ether oxygens (including phenoxy) is 1. The van der Waals surface area contributed by atoms with Crippen LogP contribution in [-0.2, 0) is 14.8 Å². The fourth-order valence-corrected chi connectivity index (χ4v) is 4.65. The number of rotatable bonds is 2. The second kappa shape index (κ2) is 4.39. The molecule has 0 bridgehead atoms. The fourth-order valence-electron chi connectivity index (χ4n) is 2.44. The van der Waals surface area contributed by atoms with E-state index in [0.717, 1.165) is 12.8 Å². The molecule has 2 atom stereocenters. The van der Waals surface area contributed by atoms with Crippen molar-refractivity contribution in [3.05, 3.63) is 0 Å². The second-order valence-corrected chi connectivity index (χ2v) is 6.68. The molecule has 2 fully saturated rings. The molecular formula is C10H19NO3S. The lowest BCUT2D eigenvalue weighted by molar-refractivity contribution is 0.0626. The van der Waals surface area contributed by atoms with E-state index in [4.69, 9.17) is 4.74 Å². The average molecular weight is 233 g/mol. The minimum absolute atomic E-state index is 0.129. The van der Waals surface area contributed by atoms with E-state index in [1.165, 1.54) is 0 Å². The number of hydrogen-bond donors (Lipinski definition) is 0. The Morgan fingerprint density at radius 2 is 1.93 bits per heavy atom. The summed E-state index contributed by atoms with van der Waals surface area (Å²) < 4.78 is 31.5. The summed E-state index contributed by atoms with van der Waals surface area (Å²) in [7, 11) is -3.06. The van der Waals surface area contributed by atoms with Gasteiger partial charge in [0.25, 0.3) is 0 Å². The summed E-state index contributed by atoms with van der Waals surface area (Å²) in [5, 5.41) is -0.218. The van der Waals surface area contributed by atoms with Gasteiger partial charge in [0.05, 0.1) is 11.9 Å². The molecule has 2 aliphatic heterocycles. The lowest BCUT2D eigenvalue weighted by Gasteiger charge is -2.31. The van der Waals surface area contributed by atoms with Crippen molar-refractivity contribution in [3.8, 4) is 0 Å². The van der Waals surface area contributed by atoms with Gasteiger partial charge in [0.2, 0.25) is 10.0 Å². The Bertz CT molecular complexity index is 309. The zero-order valence-electron chi connectivity index (χ0n) is 9.18. The topological polar surface area (TPSA) is 46.6 Å². The molecule has 0 aliphatic carbocycles. The summed E-state index contributed by atoms with van der Waals surface area (Å²) in [5.41, 5.74) is 0. The van der Waals surface area contributed by atoms with Gasteiger partial charge in [0.15, 0.2) is 0 Å². The van der Waals surface area contributed by atoms with Crippen LogP contribution in [-0.4, -0.2) is 44.3 Å². The van der Waals surface area contributed by atoms with Crippen LogP contribution in [0, 0.1) is 5.92 Å². The zero-order chi connectivity index (χ0) is 10.9. The van der Waals surface area contributed by atoms with Gasteiger partial charge in [-0.3, -0.25) is 0 Å². The number of nitrogens with zero attached hydrogens (tertiary/aromatic N) is 1. The lowest BCUT2D eigenvalue weighted by Crippen LogP contribution is -2.44. The first kappa shape index (κ1) is 11.4. The van der Waals surface area contributed by atoms with Crippen molar-refractivity contribution in [2.24, 2.45) is 5.92 Å². The van der Waals surface area contributed by atoms with Crippen molar-refractivity contribution >= 4 is 10.0 Å². The minimum atomic E-state index is -3.06. The van der Waals surface area contributed by atoms with Crippen LogP contribution in [0.1, 0.15) is 26.2 Å². The van der Waals surface area contributed by atoms with Gasteiger partial charge in [-0.15, -0.1) is 0 Å². The molecule has 15 heavy (non-hydrogen) atoms. The third-order valence-electron chi connectivity index (χ3n) is 3.37. The maximum atomic E-state index is 12.3. The highest BCUT2D eigenvalue weighted by Gasteiger charge is 2.38. The molecule has 0 unspecified atom stereocenters. The van der Waals surface area contributed by atoms with E-state index >= 15 is 0 Å². The average Bonchev–Trinajstić information content (AvgIpc) is 2.71. The van der Waals surface area contributed by atoms with E-state index in [9.17, 15) is 8.42 Å². The predicted octanol–water partition coefficient (Wildman–Crippen LogP) is 0.837. The Morgan fingerprint density at radius 1 is 1.27 bits per heavy atom. The van der Waals surface area contributed by atoms with Crippen LogP contribution in [0.2, 0.25) is 0 Å². The minimum Gasteiger partial charge on any atom is -0.381 e. The van der Waals surface area contributed by atoms with Gasteiger partial charge in [-0.25, -0.2) is 12.7 Å². The van der Waals surface area contributed by atoms with Crippen molar-refractivity contribution in [2.45, 2.75) is 31.4 Å². The number of hydrogen-bond acceptors (Lipinski definition) is 3. The standard InChI is InChI=1S/C10H19NO3S/c1-9-8-14-7-4-10(9)15(12,13)11-5-2-3-6-11/h9-10H,2-8H2,1H3/t9-,10-/m0/s1. The van der Waals surface area contributed by atoms with E-state index in [-0.39, 0.29) is 11.2 Å². The molecule has 0 saturated carbocycles. The predicted molar refractivity (Wildman–Crippen MR) is 58.1 cm³/mol. The number of sulfonamides is 1. The quantitative estimate of drug-likeness (QED) is 0.710. The highest BCUT2D eigenvalue weighted by atomic mass is 32.2. The van der Waals surface area contributed by atoms with Crippen molar-refractivity contribution in [2.75, 3.05) is 26.3 Å². The highest BCUT2D eigenvalue weighted by molar-refractivity contribution is 7.89. The Labute approximate surface area is 91.6 Å². The summed E-state index contributed by atoms with van der Waals surface area (Å²) in [6.07, 6.45) is 2.67. The molecule has 0 aromatic carbocycles. The largest absolute Gasteiger partial charge is 0.381 e. The van der Waals surface area contributed by atoms with E-state index in [1.807, 2.05) is 6.92 Å². The smallest absolute Gasteiger partial charge is 0.217 e. The first-order valence-corrected chi connectivity index (χ1v) is 7.19. The summed E-state index contributed by atoms with van der Waals surface area (Å²) in [4.78, 5) is 0. The van der Waals surface area contributed by atoms with Crippen molar-refractivity contribution in [1.82, 2.24) is 4.31 Å². The van der Waals surface area contributed by atoms with Gasteiger partial charge in [-0.1, -0.05) is 6.92 Å². The van der Waals surface area contributed by atoms with Crippen molar-refractivity contribution < 1.29 is 13.2 Å². The third-order valence-corrected chi connectivity index (χ3v) is 5.92. The van der Waals surface area contributed by atoms with Crippen LogP contribution in [0.15, 0.2) is 0 Å². The molecule has 2 aliphatic rings. The van der Waals surface area contributed by atoms with E-state index < -0.39 is 10.0 Å². The molecule has 0 aromatic rings. The van der Waals surface area contributed by atoms with Crippen LogP contribution in [0.3, 0.4) is 0 Å². The highest BCUT2D eigenvalue weighted by Crippen LogP contribution is 2.26. The Morgan fingerprint density at radius 3 is 2.53 bits per heavy atom. The summed E-state index contributed by atoms with van der Waals surface area (Å²) in [6, 6.07) is 0. The molecule has 0 N–H and O–H groups in total. The Kier molecular flexibility index (Phi) is 3.33. The van der Waals surface area contributed by atoms with Crippen LogP contribution >= 0.6 is 0 Å². The van der Waals surface area contributed by atoms with Gasteiger partial charge in [0.1, 0.15) is 0 Å². The van der Waals surface area contributed by atoms with Crippen LogP contribution in [0.25, 0.3) is 0 Å². The monoisotopic (exact) mass is 233 g/mol. The third kappa shape index (κ3) is 2.19. The maximum Gasteiger partial charge on any atom is 0.217 e. The molecule has 0 radical (unpaired) electrons. The van der Waals surface area contributed by atoms with E-state index in [1.54, 1.807) is 4.31 Å². The van der Waals surface area contributed by atoms with Gasteiger partial charge >= 0.3 is 0 Å². The van der Waals surface area contributed by atoms with Crippen molar-refractivity contribution in [1.29, 1.82) is 0 Å². The van der Waals surface area contributed by atoms with E-state index in [0.29, 0.717) is 32.7 Å². The van der Waals surface area contributed by atoms with E-state index in [2.05, 4.69) is 0 Å². The molecule has 5 heteroatoms. The fraction of sp³-hybridized carbons (Fsp3) is 1.00. The lowest BCUT2D eigenvalue weighted by atomic mass is 10.0. The first-order chi connectivity index (χ1) is 7.12. The van der Waals surface area contributed by atoms with Crippen molar-refractivity contribution in [3.63, 3.8) is 0 Å². The van der Waals surface area contributed by atoms with Gasteiger partial charge in [-0.2, -0.15) is 0 Å². The summed E-state index contributed by atoms with van der Waals surface area (Å²) >= 11 is 0. The molecular weight excluding hydrogens is 214 g/mol. The molecule has 2 saturated heterocycles. The maximum absolute atomic E-state index is 12.3. The molecule has 2 rings (SSSR count). The molecule has 88 valence electrons.